The Kier molecular flexibility index (Phi) is 4.13. The molecule has 1 unspecified atom stereocenters. The molecule has 0 aliphatic rings. The summed E-state index contributed by atoms with van der Waals surface area (Å²) in [6.45, 7) is 5.03. The molecule has 23 heavy (non-hydrogen) atoms. The second-order valence-electron chi connectivity index (χ2n) is 6.11. The maximum Gasteiger partial charge on any atom is 0.132 e. The first kappa shape index (κ1) is 15.6. The van der Waals surface area contributed by atoms with E-state index < -0.39 is 17.7 Å². The molecule has 0 saturated heterocycles. The van der Waals surface area contributed by atoms with E-state index in [0.717, 1.165) is 29.6 Å². The van der Waals surface area contributed by atoms with Crippen LogP contribution in [0.2, 0.25) is 0 Å². The van der Waals surface area contributed by atoms with E-state index in [0.29, 0.717) is 11.5 Å². The van der Waals surface area contributed by atoms with Gasteiger partial charge in [0.05, 0.1) is 11.7 Å². The van der Waals surface area contributed by atoms with Gasteiger partial charge in [0.25, 0.3) is 0 Å². The molecule has 120 valence electrons. The van der Waals surface area contributed by atoms with Crippen LogP contribution in [0.3, 0.4) is 0 Å². The molecule has 0 aliphatic heterocycles. The molecule has 0 saturated carbocycles. The molecule has 1 heterocycles. The van der Waals surface area contributed by atoms with Crippen LogP contribution in [-0.4, -0.2) is 14.9 Å². The summed E-state index contributed by atoms with van der Waals surface area (Å²) in [5, 5.41) is 15.6. The van der Waals surface area contributed by atoms with Gasteiger partial charge in [-0.3, -0.25) is 4.68 Å². The Bertz CT molecular complexity index is 842. The molecular formula is C18H18F2N2O. The van der Waals surface area contributed by atoms with Crippen LogP contribution in [-0.2, 0) is 6.54 Å². The predicted octanol–water partition coefficient (Wildman–Crippen LogP) is 4.05. The fraction of sp³-hybridized carbons (Fsp3) is 0.278. The number of hydrogen-bond donors (Lipinski definition) is 1. The predicted molar refractivity (Wildman–Crippen MR) is 85.0 cm³/mol. The first-order valence-corrected chi connectivity index (χ1v) is 7.54. The van der Waals surface area contributed by atoms with E-state index in [4.69, 9.17) is 0 Å². The van der Waals surface area contributed by atoms with E-state index in [-0.39, 0.29) is 5.56 Å². The van der Waals surface area contributed by atoms with E-state index in [1.807, 2.05) is 10.7 Å². The number of aliphatic hydroxyl groups is 1. The van der Waals surface area contributed by atoms with Gasteiger partial charge in [-0.1, -0.05) is 26.0 Å². The van der Waals surface area contributed by atoms with Gasteiger partial charge in [-0.2, -0.15) is 5.10 Å². The van der Waals surface area contributed by atoms with Crippen LogP contribution in [0.4, 0.5) is 8.78 Å². The number of rotatable bonds is 4. The van der Waals surface area contributed by atoms with Crippen LogP contribution in [0.25, 0.3) is 10.9 Å². The van der Waals surface area contributed by atoms with Crippen LogP contribution in [0, 0.1) is 17.6 Å². The SMILES string of the molecule is CC(C)Cn1ncc2cc(C(O)c3ccc(F)cc3F)ccc21. The third-order valence-corrected chi connectivity index (χ3v) is 3.78. The summed E-state index contributed by atoms with van der Waals surface area (Å²) in [7, 11) is 0. The lowest BCUT2D eigenvalue weighted by atomic mass is 10.00. The molecule has 0 radical (unpaired) electrons. The van der Waals surface area contributed by atoms with Crippen molar-refractivity contribution >= 4 is 10.9 Å². The molecule has 1 aromatic heterocycles. The summed E-state index contributed by atoms with van der Waals surface area (Å²) in [5.74, 6) is -0.950. The van der Waals surface area contributed by atoms with Gasteiger partial charge in [0.2, 0.25) is 0 Å². The van der Waals surface area contributed by atoms with Crippen molar-refractivity contribution < 1.29 is 13.9 Å². The van der Waals surface area contributed by atoms with Gasteiger partial charge in [-0.25, -0.2) is 8.78 Å². The van der Waals surface area contributed by atoms with Crippen molar-refractivity contribution in [1.29, 1.82) is 0 Å². The number of aliphatic hydroxyl groups excluding tert-OH is 1. The molecule has 3 nitrogen and oxygen atoms in total. The largest absolute Gasteiger partial charge is 0.384 e. The number of hydrogen-bond acceptors (Lipinski definition) is 2. The third kappa shape index (κ3) is 3.10. The van der Waals surface area contributed by atoms with Crippen LogP contribution in [0.15, 0.2) is 42.6 Å². The highest BCUT2D eigenvalue weighted by molar-refractivity contribution is 5.79. The fourth-order valence-corrected chi connectivity index (χ4v) is 2.67. The summed E-state index contributed by atoms with van der Waals surface area (Å²) < 4.78 is 28.7. The summed E-state index contributed by atoms with van der Waals surface area (Å²) >= 11 is 0. The van der Waals surface area contributed by atoms with E-state index in [2.05, 4.69) is 18.9 Å². The molecule has 3 aromatic rings. The van der Waals surface area contributed by atoms with Gasteiger partial charge in [-0.05, 0) is 29.7 Å². The number of benzene rings is 2. The summed E-state index contributed by atoms with van der Waals surface area (Å²) in [6.07, 6.45) is 0.586. The van der Waals surface area contributed by atoms with Crippen LogP contribution >= 0.6 is 0 Å². The minimum atomic E-state index is -1.14. The number of nitrogens with zero attached hydrogens (tertiary/aromatic N) is 2. The summed E-state index contributed by atoms with van der Waals surface area (Å²) in [4.78, 5) is 0. The van der Waals surface area contributed by atoms with Gasteiger partial charge in [-0.15, -0.1) is 0 Å². The highest BCUT2D eigenvalue weighted by Crippen LogP contribution is 2.27. The molecule has 2 aromatic carbocycles. The molecule has 1 N–H and O–H groups in total. The normalized spacial score (nSPS) is 13.0. The van der Waals surface area contributed by atoms with Crippen molar-refractivity contribution in [1.82, 2.24) is 9.78 Å². The smallest absolute Gasteiger partial charge is 0.132 e. The Hall–Kier alpha value is -2.27. The maximum atomic E-state index is 13.8. The van der Waals surface area contributed by atoms with Crippen molar-refractivity contribution in [3.05, 3.63) is 65.4 Å². The lowest BCUT2D eigenvalue weighted by molar-refractivity contribution is 0.215. The summed E-state index contributed by atoms with van der Waals surface area (Å²) in [5.41, 5.74) is 1.57. The van der Waals surface area contributed by atoms with Crippen molar-refractivity contribution in [3.8, 4) is 0 Å². The van der Waals surface area contributed by atoms with Crippen molar-refractivity contribution in [2.45, 2.75) is 26.5 Å². The zero-order valence-electron chi connectivity index (χ0n) is 13.0. The van der Waals surface area contributed by atoms with Crippen LogP contribution in [0.1, 0.15) is 31.1 Å². The molecule has 3 rings (SSSR count). The Balaban J connectivity index is 1.97. The van der Waals surface area contributed by atoms with Gasteiger partial charge >= 0.3 is 0 Å². The minimum Gasteiger partial charge on any atom is -0.384 e. The van der Waals surface area contributed by atoms with E-state index >= 15 is 0 Å². The number of aromatic nitrogens is 2. The van der Waals surface area contributed by atoms with E-state index in [1.165, 1.54) is 6.07 Å². The standard InChI is InChI=1S/C18H18F2N2O/c1-11(2)10-22-17-6-3-12(7-13(17)9-21-22)18(23)15-5-4-14(19)8-16(15)20/h3-9,11,18,23H,10H2,1-2H3. The third-order valence-electron chi connectivity index (χ3n) is 3.78. The maximum absolute atomic E-state index is 13.8. The zero-order chi connectivity index (χ0) is 16.6. The van der Waals surface area contributed by atoms with E-state index in [1.54, 1.807) is 18.3 Å². The first-order chi connectivity index (χ1) is 11.0. The molecule has 0 spiro atoms. The average molecular weight is 316 g/mol. The van der Waals surface area contributed by atoms with Gasteiger partial charge in [0.1, 0.15) is 17.7 Å². The Morgan fingerprint density at radius 1 is 1.13 bits per heavy atom. The fourth-order valence-electron chi connectivity index (χ4n) is 2.67. The molecule has 0 aliphatic carbocycles. The molecule has 0 fully saturated rings. The Labute approximate surface area is 133 Å². The lowest BCUT2D eigenvalue weighted by Crippen LogP contribution is -2.06. The van der Waals surface area contributed by atoms with Gasteiger partial charge in [0.15, 0.2) is 0 Å². The molecule has 0 amide bonds. The van der Waals surface area contributed by atoms with Gasteiger partial charge in [0, 0.05) is 23.6 Å². The molecule has 1 atom stereocenters. The molecular weight excluding hydrogens is 298 g/mol. The Morgan fingerprint density at radius 3 is 2.61 bits per heavy atom. The van der Waals surface area contributed by atoms with Crippen molar-refractivity contribution in [3.63, 3.8) is 0 Å². The average Bonchev–Trinajstić information content (AvgIpc) is 2.88. The minimum absolute atomic E-state index is 0.0559. The van der Waals surface area contributed by atoms with Crippen molar-refractivity contribution in [2.24, 2.45) is 5.92 Å². The second kappa shape index (κ2) is 6.08. The van der Waals surface area contributed by atoms with Crippen LogP contribution in [0.5, 0.6) is 0 Å². The van der Waals surface area contributed by atoms with Crippen molar-refractivity contribution in [2.75, 3.05) is 0 Å². The zero-order valence-corrected chi connectivity index (χ0v) is 13.0. The second-order valence-corrected chi connectivity index (χ2v) is 6.11. The van der Waals surface area contributed by atoms with Crippen LogP contribution < -0.4 is 0 Å². The molecule has 5 heteroatoms. The summed E-state index contributed by atoms with van der Waals surface area (Å²) in [6, 6.07) is 8.58. The lowest BCUT2D eigenvalue weighted by Gasteiger charge is -2.13. The topological polar surface area (TPSA) is 38.0 Å². The first-order valence-electron chi connectivity index (χ1n) is 7.54. The molecule has 0 bridgehead atoms. The Morgan fingerprint density at radius 2 is 1.91 bits per heavy atom. The number of fused-ring (bicyclic) bond motifs is 1. The van der Waals surface area contributed by atoms with Gasteiger partial charge < -0.3 is 5.11 Å². The highest BCUT2D eigenvalue weighted by Gasteiger charge is 2.17. The quantitative estimate of drug-likeness (QED) is 0.788. The number of halogens is 2. The highest BCUT2D eigenvalue weighted by atomic mass is 19.1. The monoisotopic (exact) mass is 316 g/mol. The van der Waals surface area contributed by atoms with E-state index in [9.17, 15) is 13.9 Å².